The number of amides is 1. The van der Waals surface area contributed by atoms with Gasteiger partial charge in [-0.3, -0.25) is 14.4 Å². The zero-order valence-electron chi connectivity index (χ0n) is 15.6. The van der Waals surface area contributed by atoms with Crippen molar-refractivity contribution in [2.75, 3.05) is 13.1 Å². The Balaban J connectivity index is 1.62. The zero-order valence-corrected chi connectivity index (χ0v) is 15.6. The first-order valence-electron chi connectivity index (χ1n) is 9.38. The van der Waals surface area contributed by atoms with Crippen LogP contribution in [0.25, 0.3) is 0 Å². The molecule has 6 heteroatoms. The van der Waals surface area contributed by atoms with Gasteiger partial charge in [0.25, 0.3) is 0 Å². The van der Waals surface area contributed by atoms with Gasteiger partial charge >= 0.3 is 0 Å². The van der Waals surface area contributed by atoms with Crippen molar-refractivity contribution in [1.29, 1.82) is 5.26 Å². The molecule has 0 spiro atoms. The largest absolute Gasteiger partial charge is 0.337 e. The molecule has 1 saturated carbocycles. The first-order chi connectivity index (χ1) is 11.9. The van der Waals surface area contributed by atoms with Crippen molar-refractivity contribution in [2.45, 2.75) is 71.0 Å². The van der Waals surface area contributed by atoms with Crippen LogP contribution in [0.15, 0.2) is 6.07 Å². The summed E-state index contributed by atoms with van der Waals surface area (Å²) in [7, 11) is 0. The van der Waals surface area contributed by atoms with E-state index in [2.05, 4.69) is 39.1 Å². The van der Waals surface area contributed by atoms with Crippen LogP contribution in [0.4, 0.5) is 0 Å². The monoisotopic (exact) mass is 343 g/mol. The number of hydrogen-bond acceptors (Lipinski definition) is 4. The SMILES string of the molecule is Cc1cc(C)n(CC2CCCCN2CC(=O)NC(C)(C#N)C2CC2)n1. The Morgan fingerprint density at radius 2 is 2.16 bits per heavy atom. The van der Waals surface area contributed by atoms with Crippen molar-refractivity contribution in [2.24, 2.45) is 5.92 Å². The number of hydrogen-bond donors (Lipinski definition) is 1. The van der Waals surface area contributed by atoms with E-state index in [0.717, 1.165) is 44.5 Å². The molecule has 2 aliphatic rings. The van der Waals surface area contributed by atoms with Crippen molar-refractivity contribution in [3.05, 3.63) is 17.5 Å². The van der Waals surface area contributed by atoms with Gasteiger partial charge < -0.3 is 5.32 Å². The Kier molecular flexibility index (Phi) is 5.14. The van der Waals surface area contributed by atoms with Crippen LogP contribution in [0.3, 0.4) is 0 Å². The summed E-state index contributed by atoms with van der Waals surface area (Å²) in [6.07, 6.45) is 5.48. The van der Waals surface area contributed by atoms with E-state index < -0.39 is 5.54 Å². The van der Waals surface area contributed by atoms with E-state index in [9.17, 15) is 10.1 Å². The standard InChI is InChI=1S/C19H29N5O/c1-14-10-15(2)24(22-14)11-17-6-4-5-9-23(17)12-18(25)21-19(3,13-20)16-7-8-16/h10,16-17H,4-9,11-12H2,1-3H3,(H,21,25). The molecule has 2 heterocycles. The molecule has 0 aromatic carbocycles. The van der Waals surface area contributed by atoms with Crippen LogP contribution >= 0.6 is 0 Å². The van der Waals surface area contributed by atoms with Gasteiger partial charge in [0.15, 0.2) is 0 Å². The maximum atomic E-state index is 12.6. The fourth-order valence-electron chi connectivity index (χ4n) is 3.93. The Labute approximate surface area is 150 Å². The fourth-order valence-corrected chi connectivity index (χ4v) is 3.93. The predicted octanol–water partition coefficient (Wildman–Crippen LogP) is 2.16. The molecule has 0 bridgehead atoms. The Hall–Kier alpha value is -1.87. The topological polar surface area (TPSA) is 74.0 Å². The molecule has 25 heavy (non-hydrogen) atoms. The number of nitrogens with one attached hydrogen (secondary N) is 1. The van der Waals surface area contributed by atoms with E-state index in [-0.39, 0.29) is 5.91 Å². The molecule has 6 nitrogen and oxygen atoms in total. The third-order valence-electron chi connectivity index (χ3n) is 5.61. The molecule has 2 unspecified atom stereocenters. The second-order valence-electron chi connectivity index (χ2n) is 7.87. The van der Waals surface area contributed by atoms with Crippen molar-refractivity contribution in [3.63, 3.8) is 0 Å². The van der Waals surface area contributed by atoms with Crippen LogP contribution in [0.5, 0.6) is 0 Å². The van der Waals surface area contributed by atoms with Gasteiger partial charge in [0.1, 0.15) is 5.54 Å². The van der Waals surface area contributed by atoms with Gasteiger partial charge in [-0.05, 0) is 65.0 Å². The number of rotatable bonds is 6. The first-order valence-corrected chi connectivity index (χ1v) is 9.38. The molecule has 136 valence electrons. The number of nitrogens with zero attached hydrogens (tertiary/aromatic N) is 4. The van der Waals surface area contributed by atoms with Crippen LogP contribution < -0.4 is 5.32 Å². The molecule has 1 amide bonds. The van der Waals surface area contributed by atoms with Gasteiger partial charge in [-0.15, -0.1) is 0 Å². The molecule has 1 saturated heterocycles. The number of piperidine rings is 1. The molecule has 2 fully saturated rings. The molecular formula is C19H29N5O. The highest BCUT2D eigenvalue weighted by atomic mass is 16.2. The lowest BCUT2D eigenvalue weighted by Crippen LogP contribution is -2.53. The first kappa shape index (κ1) is 17.9. The van der Waals surface area contributed by atoms with Crippen molar-refractivity contribution in [3.8, 4) is 6.07 Å². The second-order valence-corrected chi connectivity index (χ2v) is 7.87. The van der Waals surface area contributed by atoms with E-state index in [1.54, 1.807) is 0 Å². The summed E-state index contributed by atoms with van der Waals surface area (Å²) in [5.41, 5.74) is 1.49. The quantitative estimate of drug-likeness (QED) is 0.859. The van der Waals surface area contributed by atoms with Gasteiger partial charge in [0, 0.05) is 11.7 Å². The van der Waals surface area contributed by atoms with E-state index in [1.165, 1.54) is 12.1 Å². The minimum Gasteiger partial charge on any atom is -0.337 e. The number of aromatic nitrogens is 2. The summed E-state index contributed by atoms with van der Waals surface area (Å²) in [5.74, 6) is 0.282. The molecule has 1 aromatic heterocycles. The molecule has 0 radical (unpaired) electrons. The number of nitriles is 1. The van der Waals surface area contributed by atoms with E-state index in [1.807, 2.05) is 13.8 Å². The van der Waals surface area contributed by atoms with Gasteiger partial charge in [0.05, 0.1) is 24.9 Å². The van der Waals surface area contributed by atoms with Gasteiger partial charge in [-0.2, -0.15) is 10.4 Å². The maximum absolute atomic E-state index is 12.6. The molecule has 1 aromatic rings. The molecule has 2 atom stereocenters. The van der Waals surface area contributed by atoms with Crippen LogP contribution in [-0.2, 0) is 11.3 Å². The lowest BCUT2D eigenvalue weighted by molar-refractivity contribution is -0.124. The average Bonchev–Trinajstić information content (AvgIpc) is 3.36. The van der Waals surface area contributed by atoms with Gasteiger partial charge in [0.2, 0.25) is 5.91 Å². The average molecular weight is 343 g/mol. The highest BCUT2D eigenvalue weighted by Gasteiger charge is 2.43. The molecular weight excluding hydrogens is 314 g/mol. The van der Waals surface area contributed by atoms with Crippen molar-refractivity contribution < 1.29 is 4.79 Å². The molecule has 1 aliphatic heterocycles. The van der Waals surface area contributed by atoms with E-state index >= 15 is 0 Å². The summed E-state index contributed by atoms with van der Waals surface area (Å²) < 4.78 is 2.06. The minimum absolute atomic E-state index is 0.0313. The zero-order chi connectivity index (χ0) is 18.0. The predicted molar refractivity (Wildman–Crippen MR) is 95.8 cm³/mol. The van der Waals surface area contributed by atoms with Crippen LogP contribution in [0, 0.1) is 31.1 Å². The van der Waals surface area contributed by atoms with Crippen molar-refractivity contribution >= 4 is 5.91 Å². The summed E-state index contributed by atoms with van der Waals surface area (Å²) in [4.78, 5) is 14.8. The Bertz CT molecular complexity index is 672. The third-order valence-corrected chi connectivity index (χ3v) is 5.61. The molecule has 1 N–H and O–H groups in total. The highest BCUT2D eigenvalue weighted by Crippen LogP contribution is 2.39. The Morgan fingerprint density at radius 3 is 2.76 bits per heavy atom. The van der Waals surface area contributed by atoms with E-state index in [4.69, 9.17) is 0 Å². The summed E-state index contributed by atoms with van der Waals surface area (Å²) in [5, 5.41) is 17.0. The van der Waals surface area contributed by atoms with E-state index in [0.29, 0.717) is 18.5 Å². The van der Waals surface area contributed by atoms with Gasteiger partial charge in [-0.1, -0.05) is 6.42 Å². The number of aryl methyl sites for hydroxylation is 2. The third kappa shape index (κ3) is 4.21. The molecule has 3 rings (SSSR count). The summed E-state index contributed by atoms with van der Waals surface area (Å²) in [6, 6.07) is 4.72. The van der Waals surface area contributed by atoms with Crippen molar-refractivity contribution in [1.82, 2.24) is 20.0 Å². The lowest BCUT2D eigenvalue weighted by Gasteiger charge is -2.36. The number of likely N-dealkylation sites (tertiary alicyclic amines) is 1. The second kappa shape index (κ2) is 7.17. The normalized spacial score (nSPS) is 23.7. The number of carbonyl (C=O) groups excluding carboxylic acids is 1. The highest BCUT2D eigenvalue weighted by molar-refractivity contribution is 5.79. The lowest BCUT2D eigenvalue weighted by atomic mass is 9.97. The summed E-state index contributed by atoms with van der Waals surface area (Å²) >= 11 is 0. The smallest absolute Gasteiger partial charge is 0.235 e. The minimum atomic E-state index is -0.710. The van der Waals surface area contributed by atoms with Crippen LogP contribution in [-0.4, -0.2) is 45.3 Å². The maximum Gasteiger partial charge on any atom is 0.235 e. The van der Waals surface area contributed by atoms with Crippen LogP contribution in [0.2, 0.25) is 0 Å². The van der Waals surface area contributed by atoms with Crippen LogP contribution in [0.1, 0.15) is 50.4 Å². The Morgan fingerprint density at radius 1 is 1.40 bits per heavy atom. The molecule has 1 aliphatic carbocycles. The van der Waals surface area contributed by atoms with Gasteiger partial charge in [-0.25, -0.2) is 0 Å². The summed E-state index contributed by atoms with van der Waals surface area (Å²) in [6.45, 7) is 8.07. The fraction of sp³-hybridized carbons (Fsp3) is 0.737. The number of carbonyl (C=O) groups is 1.